The molecule has 5 heteroatoms. The Morgan fingerprint density at radius 1 is 0.690 bits per heavy atom. The van der Waals surface area contributed by atoms with Crippen LogP contribution in [0, 0.1) is 0 Å². The van der Waals surface area contributed by atoms with Gasteiger partial charge in [0.15, 0.2) is 11.5 Å². The van der Waals surface area contributed by atoms with Gasteiger partial charge in [-0.05, 0) is 41.0 Å². The van der Waals surface area contributed by atoms with Crippen molar-refractivity contribution < 1.29 is 18.6 Å². The van der Waals surface area contributed by atoms with Crippen LogP contribution in [-0.2, 0) is 0 Å². The highest BCUT2D eigenvalue weighted by molar-refractivity contribution is 5.96. The molecule has 0 bridgehead atoms. The third-order valence-corrected chi connectivity index (χ3v) is 4.83. The fourth-order valence-electron chi connectivity index (χ4n) is 3.45. The highest BCUT2D eigenvalue weighted by Crippen LogP contribution is 2.42. The number of methoxy groups -OCH3 is 3. The molecule has 0 aliphatic heterocycles. The van der Waals surface area contributed by atoms with Gasteiger partial charge in [-0.25, -0.2) is 4.79 Å². The molecule has 0 fully saturated rings. The van der Waals surface area contributed by atoms with E-state index in [1.165, 1.54) is 6.07 Å². The molecule has 0 spiro atoms. The average Bonchev–Trinajstić information content (AvgIpc) is 2.77. The lowest BCUT2D eigenvalue weighted by atomic mass is 9.97. The topological polar surface area (TPSA) is 57.9 Å². The lowest BCUT2D eigenvalue weighted by molar-refractivity contribution is 0.324. The molecule has 5 nitrogen and oxygen atoms in total. The largest absolute Gasteiger partial charge is 0.493 e. The lowest BCUT2D eigenvalue weighted by Crippen LogP contribution is -2.00. The van der Waals surface area contributed by atoms with Crippen molar-refractivity contribution >= 4 is 11.0 Å². The van der Waals surface area contributed by atoms with Crippen LogP contribution in [-0.4, -0.2) is 21.3 Å². The summed E-state index contributed by atoms with van der Waals surface area (Å²) < 4.78 is 21.8. The maximum Gasteiger partial charge on any atom is 0.336 e. The van der Waals surface area contributed by atoms with Crippen LogP contribution in [0.3, 0.4) is 0 Å². The van der Waals surface area contributed by atoms with Gasteiger partial charge in [-0.15, -0.1) is 0 Å². The standard InChI is InChI=1S/C24H20O5/c1-26-21-12-17(13-22(27-2)24(21)28-3)18-14-23(25)29-20-10-9-16(11-19(18)20)15-7-5-4-6-8-15/h4-14H,1-3H3. The van der Waals surface area contributed by atoms with Crippen LogP contribution in [0.4, 0.5) is 0 Å². The van der Waals surface area contributed by atoms with Crippen LogP contribution < -0.4 is 19.8 Å². The first-order chi connectivity index (χ1) is 14.1. The molecule has 0 amide bonds. The molecule has 0 saturated heterocycles. The SMILES string of the molecule is COc1cc(-c2cc(=O)oc3ccc(-c4ccccc4)cc23)cc(OC)c1OC. The normalized spacial score (nSPS) is 10.7. The van der Waals surface area contributed by atoms with Crippen LogP contribution in [0.15, 0.2) is 75.9 Å². The van der Waals surface area contributed by atoms with E-state index in [-0.39, 0.29) is 0 Å². The summed E-state index contributed by atoms with van der Waals surface area (Å²) in [6.07, 6.45) is 0. The second-order valence-electron chi connectivity index (χ2n) is 6.47. The zero-order valence-corrected chi connectivity index (χ0v) is 16.4. The predicted octanol–water partition coefficient (Wildman–Crippen LogP) is 5.15. The Hall–Kier alpha value is -3.73. The Bertz CT molecular complexity index is 1200. The Kier molecular flexibility index (Phi) is 4.96. The molecule has 0 aliphatic carbocycles. The fraction of sp³-hybridized carbons (Fsp3) is 0.125. The van der Waals surface area contributed by atoms with Gasteiger partial charge in [0.25, 0.3) is 0 Å². The minimum Gasteiger partial charge on any atom is -0.493 e. The summed E-state index contributed by atoms with van der Waals surface area (Å²) in [5, 5.41) is 0.820. The van der Waals surface area contributed by atoms with E-state index >= 15 is 0 Å². The van der Waals surface area contributed by atoms with Gasteiger partial charge in [-0.1, -0.05) is 36.4 Å². The molecule has 3 aromatic carbocycles. The number of hydrogen-bond acceptors (Lipinski definition) is 5. The van der Waals surface area contributed by atoms with Crippen molar-refractivity contribution in [2.24, 2.45) is 0 Å². The average molecular weight is 388 g/mol. The molecule has 0 atom stereocenters. The Labute approximate surface area is 168 Å². The second kappa shape index (κ2) is 7.72. The first kappa shape index (κ1) is 18.6. The fourth-order valence-corrected chi connectivity index (χ4v) is 3.45. The number of fused-ring (bicyclic) bond motifs is 1. The molecule has 0 radical (unpaired) electrons. The smallest absolute Gasteiger partial charge is 0.336 e. The summed E-state index contributed by atoms with van der Waals surface area (Å²) in [4.78, 5) is 12.2. The summed E-state index contributed by atoms with van der Waals surface area (Å²) in [5.74, 6) is 1.53. The van der Waals surface area contributed by atoms with Gasteiger partial charge in [-0.2, -0.15) is 0 Å². The summed E-state index contributed by atoms with van der Waals surface area (Å²) in [7, 11) is 4.68. The minimum absolute atomic E-state index is 0.422. The van der Waals surface area contributed by atoms with E-state index in [2.05, 4.69) is 0 Å². The molecular formula is C24H20O5. The van der Waals surface area contributed by atoms with Gasteiger partial charge >= 0.3 is 5.63 Å². The molecule has 1 heterocycles. The summed E-state index contributed by atoms with van der Waals surface area (Å²) in [6, 6.07) is 21.0. The number of rotatable bonds is 5. The minimum atomic E-state index is -0.422. The van der Waals surface area contributed by atoms with Crippen LogP contribution in [0.25, 0.3) is 33.2 Å². The molecule has 0 aliphatic rings. The molecule has 29 heavy (non-hydrogen) atoms. The Morgan fingerprint density at radius 2 is 1.38 bits per heavy atom. The predicted molar refractivity (Wildman–Crippen MR) is 113 cm³/mol. The third kappa shape index (κ3) is 3.43. The van der Waals surface area contributed by atoms with Gasteiger partial charge in [0.2, 0.25) is 5.75 Å². The first-order valence-electron chi connectivity index (χ1n) is 9.08. The van der Waals surface area contributed by atoms with E-state index < -0.39 is 5.63 Å². The van der Waals surface area contributed by atoms with E-state index in [0.29, 0.717) is 22.8 Å². The van der Waals surface area contributed by atoms with E-state index in [1.54, 1.807) is 21.3 Å². The van der Waals surface area contributed by atoms with Gasteiger partial charge < -0.3 is 18.6 Å². The van der Waals surface area contributed by atoms with Crippen LogP contribution in [0.5, 0.6) is 17.2 Å². The monoisotopic (exact) mass is 388 g/mol. The Balaban J connectivity index is 1.99. The Morgan fingerprint density at radius 3 is 2.00 bits per heavy atom. The zero-order valence-electron chi connectivity index (χ0n) is 16.4. The van der Waals surface area contributed by atoms with E-state index in [0.717, 1.165) is 27.6 Å². The van der Waals surface area contributed by atoms with Gasteiger partial charge in [0.1, 0.15) is 5.58 Å². The summed E-state index contributed by atoms with van der Waals surface area (Å²) >= 11 is 0. The van der Waals surface area contributed by atoms with E-state index in [4.69, 9.17) is 18.6 Å². The molecule has 0 N–H and O–H groups in total. The van der Waals surface area contributed by atoms with Crippen molar-refractivity contribution in [1.29, 1.82) is 0 Å². The zero-order chi connectivity index (χ0) is 20.4. The highest BCUT2D eigenvalue weighted by Gasteiger charge is 2.17. The van der Waals surface area contributed by atoms with Crippen molar-refractivity contribution in [3.05, 3.63) is 77.2 Å². The van der Waals surface area contributed by atoms with Crippen molar-refractivity contribution in [3.8, 4) is 39.5 Å². The van der Waals surface area contributed by atoms with Crippen molar-refractivity contribution in [1.82, 2.24) is 0 Å². The first-order valence-corrected chi connectivity index (χ1v) is 9.08. The molecule has 4 aromatic rings. The van der Waals surface area contributed by atoms with Gasteiger partial charge in [0, 0.05) is 17.0 Å². The van der Waals surface area contributed by atoms with Crippen LogP contribution in [0.2, 0.25) is 0 Å². The van der Waals surface area contributed by atoms with Crippen molar-refractivity contribution in [2.45, 2.75) is 0 Å². The maximum atomic E-state index is 12.2. The highest BCUT2D eigenvalue weighted by atomic mass is 16.5. The van der Waals surface area contributed by atoms with Gasteiger partial charge in [0.05, 0.1) is 21.3 Å². The van der Waals surface area contributed by atoms with Crippen LogP contribution >= 0.6 is 0 Å². The molecular weight excluding hydrogens is 368 g/mol. The van der Waals surface area contributed by atoms with E-state index in [1.807, 2.05) is 60.7 Å². The van der Waals surface area contributed by atoms with Crippen molar-refractivity contribution in [2.75, 3.05) is 21.3 Å². The van der Waals surface area contributed by atoms with Crippen molar-refractivity contribution in [3.63, 3.8) is 0 Å². The number of hydrogen-bond donors (Lipinski definition) is 0. The third-order valence-electron chi connectivity index (χ3n) is 4.83. The second-order valence-corrected chi connectivity index (χ2v) is 6.47. The summed E-state index contributed by atoms with van der Waals surface area (Å²) in [5.41, 5.74) is 3.70. The molecule has 1 aromatic heterocycles. The lowest BCUT2D eigenvalue weighted by Gasteiger charge is -2.15. The quantitative estimate of drug-likeness (QED) is 0.443. The molecule has 146 valence electrons. The van der Waals surface area contributed by atoms with E-state index in [9.17, 15) is 4.79 Å². The molecule has 4 rings (SSSR count). The van der Waals surface area contributed by atoms with Crippen LogP contribution in [0.1, 0.15) is 0 Å². The number of ether oxygens (including phenoxy) is 3. The summed E-state index contributed by atoms with van der Waals surface area (Å²) in [6.45, 7) is 0. The molecule has 0 unspecified atom stereocenters. The molecule has 0 saturated carbocycles. The number of benzene rings is 3. The maximum absolute atomic E-state index is 12.2. The van der Waals surface area contributed by atoms with Gasteiger partial charge in [-0.3, -0.25) is 0 Å².